The Morgan fingerprint density at radius 1 is 1.05 bits per heavy atom. The predicted molar refractivity (Wildman–Crippen MR) is 72.4 cm³/mol. The zero-order valence-electron chi connectivity index (χ0n) is 10.8. The van der Waals surface area contributed by atoms with Crippen molar-refractivity contribution in [3.05, 3.63) is 42.5 Å². The second-order valence-corrected chi connectivity index (χ2v) is 4.58. The highest BCUT2D eigenvalue weighted by Gasteiger charge is 2.31. The number of rotatable bonds is 1. The molecule has 2 aromatic rings. The third-order valence-electron chi connectivity index (χ3n) is 3.37. The van der Waals surface area contributed by atoms with E-state index in [9.17, 15) is 4.79 Å². The number of hydrogen-bond acceptors (Lipinski definition) is 1. The lowest BCUT2D eigenvalue weighted by atomic mass is 10.1. The molecule has 0 bridgehead atoms. The molecule has 0 spiro atoms. The molecule has 1 unspecified atom stereocenters. The first-order valence-electron chi connectivity index (χ1n) is 6.03. The molecule has 0 aliphatic carbocycles. The highest BCUT2D eigenvalue weighted by molar-refractivity contribution is 5.97. The molecule has 0 saturated heterocycles. The van der Waals surface area contributed by atoms with Gasteiger partial charge in [0.2, 0.25) is 5.91 Å². The van der Waals surface area contributed by atoms with Gasteiger partial charge in [0.1, 0.15) is 11.4 Å². The van der Waals surface area contributed by atoms with Crippen molar-refractivity contribution in [1.82, 2.24) is 0 Å². The molecule has 2 aromatic carbocycles. The van der Waals surface area contributed by atoms with Crippen molar-refractivity contribution in [2.24, 2.45) is 0 Å². The fourth-order valence-corrected chi connectivity index (χ4v) is 2.65. The molecule has 1 atom stereocenters. The predicted octanol–water partition coefficient (Wildman–Crippen LogP) is -0.893. The van der Waals surface area contributed by atoms with E-state index in [1.54, 1.807) is 0 Å². The summed E-state index contributed by atoms with van der Waals surface area (Å²) in [5.74, 6) is -0.0350. The van der Waals surface area contributed by atoms with E-state index in [1.807, 2.05) is 24.3 Å². The number of para-hydroxylation sites is 2. The first-order valence-corrected chi connectivity index (χ1v) is 6.03. The Morgan fingerprint density at radius 3 is 2.47 bits per heavy atom. The molecule has 1 heterocycles. The van der Waals surface area contributed by atoms with Gasteiger partial charge in [0, 0.05) is 18.6 Å². The largest absolute Gasteiger partial charge is 1.00 e. The van der Waals surface area contributed by atoms with Crippen LogP contribution in [0, 0.1) is 0 Å². The highest BCUT2D eigenvalue weighted by Crippen LogP contribution is 2.40. The van der Waals surface area contributed by atoms with E-state index in [0.717, 1.165) is 11.4 Å². The monoisotopic (exact) mass is 274 g/mol. The zero-order chi connectivity index (χ0) is 12.7. The first kappa shape index (κ1) is 13.6. The average molecular weight is 275 g/mol. The summed E-state index contributed by atoms with van der Waals surface area (Å²) >= 11 is 0. The van der Waals surface area contributed by atoms with Crippen molar-refractivity contribution in [3.63, 3.8) is 0 Å². The number of anilines is 1. The van der Waals surface area contributed by atoms with Gasteiger partial charge in [0.05, 0.1) is 12.6 Å². The Morgan fingerprint density at radius 2 is 1.74 bits per heavy atom. The summed E-state index contributed by atoms with van der Waals surface area (Å²) in [4.78, 5) is 12.5. The number of amides is 1. The standard InChI is InChI=1S/C15H14N2O.ClH/c1-10(18)16-13-8-5-7-12-11-6-3-4-9-14(11)17(2)15(12)13;/h3-9H,1-2H3,(H,16,18);1H. The van der Waals surface area contributed by atoms with Gasteiger partial charge in [0.15, 0.2) is 5.69 Å². The number of fused-ring (bicyclic) bond motifs is 3. The fourth-order valence-electron chi connectivity index (χ4n) is 2.65. The van der Waals surface area contributed by atoms with Crippen LogP contribution in [0.1, 0.15) is 6.92 Å². The maximum atomic E-state index is 11.3. The minimum absolute atomic E-state index is 0. The lowest BCUT2D eigenvalue weighted by Crippen LogP contribution is -3.00. The SMILES string of the molecule is CC(=O)Nc1cccc2c1[NH+](C)c1ccccc1-2.[Cl-]. The van der Waals surface area contributed by atoms with Crippen molar-refractivity contribution < 1.29 is 22.1 Å². The maximum Gasteiger partial charge on any atom is 0.221 e. The van der Waals surface area contributed by atoms with Crippen LogP contribution in [-0.2, 0) is 4.79 Å². The van der Waals surface area contributed by atoms with E-state index in [2.05, 4.69) is 30.6 Å². The third-order valence-corrected chi connectivity index (χ3v) is 3.37. The molecule has 0 aromatic heterocycles. The normalized spacial score (nSPS) is 15.2. The van der Waals surface area contributed by atoms with Gasteiger partial charge in [-0.25, -0.2) is 0 Å². The van der Waals surface area contributed by atoms with Crippen LogP contribution in [0.5, 0.6) is 0 Å². The molecule has 0 radical (unpaired) electrons. The summed E-state index contributed by atoms with van der Waals surface area (Å²) in [6, 6.07) is 14.4. The van der Waals surface area contributed by atoms with Gasteiger partial charge < -0.3 is 17.7 Å². The highest BCUT2D eigenvalue weighted by atomic mass is 35.5. The molecule has 0 saturated carbocycles. The number of carbonyl (C=O) groups is 1. The Kier molecular flexibility index (Phi) is 3.60. The minimum Gasteiger partial charge on any atom is -1.00 e. The maximum absolute atomic E-state index is 11.3. The van der Waals surface area contributed by atoms with Crippen molar-refractivity contribution in [3.8, 4) is 11.1 Å². The quantitative estimate of drug-likeness (QED) is 0.695. The number of halogens is 1. The Bertz CT molecular complexity index is 640. The van der Waals surface area contributed by atoms with Gasteiger partial charge in [-0.05, 0) is 18.2 Å². The smallest absolute Gasteiger partial charge is 0.221 e. The van der Waals surface area contributed by atoms with Gasteiger partial charge in [-0.2, -0.15) is 0 Å². The summed E-state index contributed by atoms with van der Waals surface area (Å²) in [6.07, 6.45) is 0. The molecule has 2 N–H and O–H groups in total. The van der Waals surface area contributed by atoms with Crippen LogP contribution in [0.25, 0.3) is 11.1 Å². The van der Waals surface area contributed by atoms with Crippen molar-refractivity contribution >= 4 is 23.0 Å². The van der Waals surface area contributed by atoms with Gasteiger partial charge in [0.25, 0.3) is 0 Å². The molecule has 0 fully saturated rings. The van der Waals surface area contributed by atoms with Crippen molar-refractivity contribution in [2.45, 2.75) is 6.92 Å². The molecular formula is C15H15ClN2O. The van der Waals surface area contributed by atoms with Gasteiger partial charge in [-0.1, -0.05) is 18.2 Å². The van der Waals surface area contributed by atoms with Crippen LogP contribution in [0.15, 0.2) is 42.5 Å². The summed E-state index contributed by atoms with van der Waals surface area (Å²) in [5, 5.41) is 2.91. The summed E-state index contributed by atoms with van der Waals surface area (Å²) in [5.41, 5.74) is 5.75. The van der Waals surface area contributed by atoms with E-state index in [4.69, 9.17) is 0 Å². The molecule has 1 amide bonds. The van der Waals surface area contributed by atoms with Gasteiger partial charge in [-0.3, -0.25) is 9.69 Å². The summed E-state index contributed by atoms with van der Waals surface area (Å²) in [6.45, 7) is 1.54. The number of hydrogen-bond donors (Lipinski definition) is 2. The third kappa shape index (κ3) is 2.11. The molecule has 4 heteroatoms. The summed E-state index contributed by atoms with van der Waals surface area (Å²) in [7, 11) is 2.11. The van der Waals surface area contributed by atoms with Crippen LogP contribution in [-0.4, -0.2) is 13.0 Å². The number of nitrogens with one attached hydrogen (secondary N) is 2. The molecule has 3 nitrogen and oxygen atoms in total. The zero-order valence-corrected chi connectivity index (χ0v) is 11.6. The van der Waals surface area contributed by atoms with Crippen molar-refractivity contribution in [2.75, 3.05) is 12.4 Å². The topological polar surface area (TPSA) is 33.5 Å². The number of quaternary nitrogens is 1. The average Bonchev–Trinajstić information content (AvgIpc) is 2.65. The molecule has 3 rings (SSSR count). The lowest BCUT2D eigenvalue weighted by Gasteiger charge is -2.12. The second-order valence-electron chi connectivity index (χ2n) is 4.58. The molecule has 19 heavy (non-hydrogen) atoms. The van der Waals surface area contributed by atoms with Gasteiger partial charge >= 0.3 is 0 Å². The Balaban J connectivity index is 0.00000133. The molecule has 1 aliphatic rings. The molecular weight excluding hydrogens is 260 g/mol. The van der Waals surface area contributed by atoms with Crippen molar-refractivity contribution in [1.29, 1.82) is 0 Å². The lowest BCUT2D eigenvalue weighted by molar-refractivity contribution is -0.730. The van der Waals surface area contributed by atoms with Crippen LogP contribution < -0.4 is 22.6 Å². The van der Waals surface area contributed by atoms with E-state index in [0.29, 0.717) is 0 Å². The van der Waals surface area contributed by atoms with E-state index in [1.165, 1.54) is 28.6 Å². The summed E-state index contributed by atoms with van der Waals surface area (Å²) < 4.78 is 0. The molecule has 1 aliphatic heterocycles. The number of carbonyl (C=O) groups excluding carboxylic acids is 1. The molecule has 98 valence electrons. The van der Waals surface area contributed by atoms with Crippen LogP contribution in [0.3, 0.4) is 0 Å². The Hall–Kier alpha value is -1.84. The van der Waals surface area contributed by atoms with E-state index < -0.39 is 0 Å². The van der Waals surface area contributed by atoms with Crippen LogP contribution >= 0.6 is 0 Å². The number of benzene rings is 2. The fraction of sp³-hybridized carbons (Fsp3) is 0.133. The van der Waals surface area contributed by atoms with Crippen LogP contribution in [0.4, 0.5) is 17.1 Å². The van der Waals surface area contributed by atoms with Crippen LogP contribution in [0.2, 0.25) is 0 Å². The van der Waals surface area contributed by atoms with Gasteiger partial charge in [-0.15, -0.1) is 0 Å². The van der Waals surface area contributed by atoms with E-state index >= 15 is 0 Å². The minimum atomic E-state index is -0.0350. The second kappa shape index (κ2) is 5.03. The Labute approximate surface area is 118 Å². The first-order chi connectivity index (χ1) is 8.68. The van der Waals surface area contributed by atoms with E-state index in [-0.39, 0.29) is 18.3 Å².